The molecule has 0 saturated carbocycles. The Bertz CT molecular complexity index is 1060. The van der Waals surface area contributed by atoms with Crippen molar-refractivity contribution < 1.29 is 18.0 Å². The van der Waals surface area contributed by atoms with Gasteiger partial charge < -0.3 is 10.2 Å². The molecule has 1 N–H and O–H groups in total. The zero-order chi connectivity index (χ0) is 22.0. The van der Waals surface area contributed by atoms with Gasteiger partial charge in [-0.2, -0.15) is 4.31 Å². The van der Waals surface area contributed by atoms with Gasteiger partial charge in [0.15, 0.2) is 0 Å². The first-order chi connectivity index (χ1) is 14.8. The van der Waals surface area contributed by atoms with Crippen LogP contribution in [0.2, 0.25) is 5.02 Å². The van der Waals surface area contributed by atoms with E-state index in [2.05, 4.69) is 5.32 Å². The average molecular weight is 462 g/mol. The number of rotatable bonds is 5. The quantitative estimate of drug-likeness (QED) is 0.741. The van der Waals surface area contributed by atoms with Gasteiger partial charge in [0.1, 0.15) is 0 Å². The van der Waals surface area contributed by atoms with E-state index in [0.29, 0.717) is 30.2 Å². The molecule has 2 saturated heterocycles. The Hall–Kier alpha value is -2.42. The number of nitrogens with zero attached hydrogens (tertiary/aromatic N) is 2. The highest BCUT2D eigenvalue weighted by atomic mass is 35.5. The Balaban J connectivity index is 1.40. The van der Waals surface area contributed by atoms with Crippen molar-refractivity contribution in [3.05, 3.63) is 59.1 Å². The first kappa shape index (κ1) is 21.8. The fourth-order valence-electron chi connectivity index (χ4n) is 3.98. The maximum absolute atomic E-state index is 12.7. The van der Waals surface area contributed by atoms with Crippen molar-refractivity contribution in [3.8, 4) is 0 Å². The molecule has 2 aliphatic heterocycles. The Labute approximate surface area is 187 Å². The largest absolute Gasteiger partial charge is 0.347 e. The Morgan fingerprint density at radius 3 is 2.26 bits per heavy atom. The van der Waals surface area contributed by atoms with Crippen LogP contribution in [0.5, 0.6) is 0 Å². The molecule has 9 heteroatoms. The molecule has 2 heterocycles. The molecule has 0 aromatic heterocycles. The number of piperidine rings is 1. The summed E-state index contributed by atoms with van der Waals surface area (Å²) in [6.07, 6.45) is 2.99. The molecule has 0 unspecified atom stereocenters. The Morgan fingerprint density at radius 2 is 1.61 bits per heavy atom. The van der Waals surface area contributed by atoms with E-state index >= 15 is 0 Å². The average Bonchev–Trinajstić information content (AvgIpc) is 3.14. The summed E-state index contributed by atoms with van der Waals surface area (Å²) in [5, 5.41) is 3.46. The lowest BCUT2D eigenvalue weighted by molar-refractivity contribution is -0.117. The highest BCUT2D eigenvalue weighted by Crippen LogP contribution is 2.24. The van der Waals surface area contributed by atoms with Crippen LogP contribution in [0.3, 0.4) is 0 Å². The van der Waals surface area contributed by atoms with E-state index in [1.165, 1.54) is 28.6 Å². The maximum Gasteiger partial charge on any atom is 0.251 e. The van der Waals surface area contributed by atoms with Gasteiger partial charge in [-0.25, -0.2) is 8.42 Å². The number of benzene rings is 2. The second-order valence-corrected chi connectivity index (χ2v) is 10.2. The summed E-state index contributed by atoms with van der Waals surface area (Å²) in [5.41, 5.74) is 1.09. The Morgan fingerprint density at radius 1 is 0.968 bits per heavy atom. The molecule has 2 aromatic carbocycles. The van der Waals surface area contributed by atoms with Gasteiger partial charge in [-0.15, -0.1) is 0 Å². The molecule has 2 aromatic rings. The number of carbonyl (C=O) groups excluding carboxylic acids is 2. The van der Waals surface area contributed by atoms with Gasteiger partial charge in [-0.3, -0.25) is 9.59 Å². The second kappa shape index (κ2) is 8.98. The molecule has 1 atom stereocenters. The normalized spacial score (nSPS) is 20.1. The van der Waals surface area contributed by atoms with Gasteiger partial charge in [0.25, 0.3) is 5.91 Å². The molecule has 7 nitrogen and oxygen atoms in total. The SMILES string of the molecule is O=C(N[C@H]1CC(=O)N(c2ccc(Cl)cc2)C1)c1ccc(S(=O)(=O)N2CCCCC2)cc1. The van der Waals surface area contributed by atoms with E-state index in [-0.39, 0.29) is 29.2 Å². The fraction of sp³-hybridized carbons (Fsp3) is 0.364. The predicted molar refractivity (Wildman–Crippen MR) is 119 cm³/mol. The van der Waals surface area contributed by atoms with Crippen molar-refractivity contribution in [2.75, 3.05) is 24.5 Å². The Kier molecular flexibility index (Phi) is 6.31. The number of hydrogen-bond donors (Lipinski definition) is 1. The van der Waals surface area contributed by atoms with Crippen LogP contribution in [0.4, 0.5) is 5.69 Å². The zero-order valence-corrected chi connectivity index (χ0v) is 18.5. The summed E-state index contributed by atoms with van der Waals surface area (Å²) in [4.78, 5) is 26.8. The van der Waals surface area contributed by atoms with E-state index in [4.69, 9.17) is 11.6 Å². The maximum atomic E-state index is 12.7. The third-order valence-electron chi connectivity index (χ3n) is 5.67. The predicted octanol–water partition coefficient (Wildman–Crippen LogP) is 3.05. The van der Waals surface area contributed by atoms with Crippen molar-refractivity contribution in [2.24, 2.45) is 0 Å². The van der Waals surface area contributed by atoms with Crippen LogP contribution in [-0.2, 0) is 14.8 Å². The van der Waals surface area contributed by atoms with E-state index in [9.17, 15) is 18.0 Å². The molecule has 0 radical (unpaired) electrons. The lowest BCUT2D eigenvalue weighted by Crippen LogP contribution is -2.37. The molecule has 164 valence electrons. The van der Waals surface area contributed by atoms with Gasteiger partial charge in [-0.05, 0) is 61.4 Å². The number of halogens is 1. The number of sulfonamides is 1. The minimum absolute atomic E-state index is 0.0735. The minimum atomic E-state index is -3.53. The highest BCUT2D eigenvalue weighted by molar-refractivity contribution is 7.89. The molecule has 2 amide bonds. The summed E-state index contributed by atoms with van der Waals surface area (Å²) >= 11 is 5.90. The number of hydrogen-bond acceptors (Lipinski definition) is 4. The molecule has 0 aliphatic carbocycles. The van der Waals surface area contributed by atoms with Crippen molar-refractivity contribution in [3.63, 3.8) is 0 Å². The topological polar surface area (TPSA) is 86.8 Å². The molecule has 31 heavy (non-hydrogen) atoms. The summed E-state index contributed by atoms with van der Waals surface area (Å²) < 4.78 is 27.0. The van der Waals surface area contributed by atoms with Crippen molar-refractivity contribution in [1.82, 2.24) is 9.62 Å². The smallest absolute Gasteiger partial charge is 0.251 e. The first-order valence-electron chi connectivity index (χ1n) is 10.3. The summed E-state index contributed by atoms with van der Waals surface area (Å²) in [6, 6.07) is 12.6. The molecule has 2 fully saturated rings. The number of carbonyl (C=O) groups is 2. The number of amides is 2. The zero-order valence-electron chi connectivity index (χ0n) is 17.0. The van der Waals surface area contributed by atoms with Gasteiger partial charge in [0, 0.05) is 42.3 Å². The van der Waals surface area contributed by atoms with Crippen molar-refractivity contribution in [2.45, 2.75) is 36.6 Å². The minimum Gasteiger partial charge on any atom is -0.347 e. The van der Waals surface area contributed by atoms with E-state index in [1.807, 2.05) is 0 Å². The van der Waals surface area contributed by atoms with Gasteiger partial charge in [0.2, 0.25) is 15.9 Å². The van der Waals surface area contributed by atoms with Crippen LogP contribution in [0, 0.1) is 0 Å². The lowest BCUT2D eigenvalue weighted by Gasteiger charge is -2.25. The molecule has 0 spiro atoms. The second-order valence-electron chi connectivity index (χ2n) is 7.84. The van der Waals surface area contributed by atoms with Crippen LogP contribution in [0.15, 0.2) is 53.4 Å². The molecule has 4 rings (SSSR count). The number of nitrogens with one attached hydrogen (secondary N) is 1. The van der Waals surface area contributed by atoms with Crippen molar-refractivity contribution >= 4 is 39.1 Å². The molecular formula is C22H24ClN3O4S. The van der Waals surface area contributed by atoms with Gasteiger partial charge in [0.05, 0.1) is 10.9 Å². The standard InChI is InChI=1S/C22H24ClN3O4S/c23-17-6-8-19(9-7-17)26-15-18(14-21(26)27)24-22(28)16-4-10-20(11-5-16)31(29,30)25-12-2-1-3-13-25/h4-11,18H,1-3,12-15H2,(H,24,28)/t18-/m0/s1. The van der Waals surface area contributed by atoms with Gasteiger partial charge >= 0.3 is 0 Å². The van der Waals surface area contributed by atoms with Crippen LogP contribution in [0.1, 0.15) is 36.0 Å². The summed E-state index contributed by atoms with van der Waals surface area (Å²) in [5.74, 6) is -0.409. The van der Waals surface area contributed by atoms with Crippen LogP contribution >= 0.6 is 11.6 Å². The molecular weight excluding hydrogens is 438 g/mol. The number of anilines is 1. The molecule has 0 bridgehead atoms. The third-order valence-corrected chi connectivity index (χ3v) is 7.83. The van der Waals surface area contributed by atoms with Crippen LogP contribution in [-0.4, -0.2) is 50.2 Å². The summed E-state index contributed by atoms with van der Waals surface area (Å²) in [6.45, 7) is 1.43. The monoisotopic (exact) mass is 461 g/mol. The highest BCUT2D eigenvalue weighted by Gasteiger charge is 2.32. The lowest BCUT2D eigenvalue weighted by atomic mass is 10.2. The summed E-state index contributed by atoms with van der Waals surface area (Å²) in [7, 11) is -3.53. The van der Waals surface area contributed by atoms with E-state index in [1.54, 1.807) is 29.2 Å². The van der Waals surface area contributed by atoms with Crippen molar-refractivity contribution in [1.29, 1.82) is 0 Å². The fourth-order valence-corrected chi connectivity index (χ4v) is 5.62. The van der Waals surface area contributed by atoms with Crippen LogP contribution < -0.4 is 10.2 Å². The van der Waals surface area contributed by atoms with E-state index in [0.717, 1.165) is 24.9 Å². The van der Waals surface area contributed by atoms with Crippen LogP contribution in [0.25, 0.3) is 0 Å². The van der Waals surface area contributed by atoms with Gasteiger partial charge in [-0.1, -0.05) is 18.0 Å². The molecule has 2 aliphatic rings. The third kappa shape index (κ3) is 4.76. The first-order valence-corrected chi connectivity index (χ1v) is 12.1. The van der Waals surface area contributed by atoms with E-state index < -0.39 is 10.0 Å².